The molecule has 180 valence electrons. The fourth-order valence-corrected chi connectivity index (χ4v) is 4.91. The van der Waals surface area contributed by atoms with Crippen LogP contribution in [0.1, 0.15) is 57.6 Å². The molecular weight excluding hydrogens is 432 g/mol. The summed E-state index contributed by atoms with van der Waals surface area (Å²) in [6, 6.07) is 15.1. The molecule has 2 aromatic rings. The van der Waals surface area contributed by atoms with Gasteiger partial charge in [0.15, 0.2) is 0 Å². The number of hydrogen-bond acceptors (Lipinski definition) is 4. The van der Waals surface area contributed by atoms with Gasteiger partial charge in [0.25, 0.3) is 0 Å². The van der Waals surface area contributed by atoms with Crippen molar-refractivity contribution in [3.05, 3.63) is 59.7 Å². The van der Waals surface area contributed by atoms with Crippen LogP contribution < -0.4 is 5.32 Å². The van der Waals surface area contributed by atoms with Gasteiger partial charge in [-0.15, -0.1) is 0 Å². The lowest BCUT2D eigenvalue weighted by atomic mass is 9.65. The Morgan fingerprint density at radius 3 is 2.09 bits per heavy atom. The fourth-order valence-electron chi connectivity index (χ4n) is 4.91. The number of hydrogen-bond donors (Lipinski definition) is 2. The zero-order chi connectivity index (χ0) is 24.7. The normalized spacial score (nSPS) is 18.3. The highest BCUT2D eigenvalue weighted by Crippen LogP contribution is 2.47. The van der Waals surface area contributed by atoms with Gasteiger partial charge in [0.1, 0.15) is 12.6 Å². The first-order chi connectivity index (χ1) is 16.0. The Kier molecular flexibility index (Phi) is 6.14. The van der Waals surface area contributed by atoms with Crippen LogP contribution in [-0.4, -0.2) is 52.7 Å². The van der Waals surface area contributed by atoms with E-state index in [9.17, 15) is 14.4 Å². The molecule has 1 saturated heterocycles. The minimum atomic E-state index is -1.02. The molecule has 1 aliphatic heterocycles. The van der Waals surface area contributed by atoms with Gasteiger partial charge in [-0.3, -0.25) is 9.59 Å². The van der Waals surface area contributed by atoms with Gasteiger partial charge in [-0.05, 0) is 42.5 Å². The summed E-state index contributed by atoms with van der Waals surface area (Å²) in [4.78, 5) is 38.8. The molecule has 1 fully saturated rings. The first-order valence-electron chi connectivity index (χ1n) is 11.7. The van der Waals surface area contributed by atoms with Crippen LogP contribution in [0.5, 0.6) is 0 Å². The summed E-state index contributed by atoms with van der Waals surface area (Å²) >= 11 is 0. The van der Waals surface area contributed by atoms with Crippen LogP contribution >= 0.6 is 0 Å². The van der Waals surface area contributed by atoms with Crippen LogP contribution in [0.2, 0.25) is 0 Å². The van der Waals surface area contributed by atoms with Gasteiger partial charge < -0.3 is 20.1 Å². The Morgan fingerprint density at radius 2 is 1.59 bits per heavy atom. The number of aliphatic carboxylic acids is 1. The first-order valence-corrected chi connectivity index (χ1v) is 11.7. The topological polar surface area (TPSA) is 95.9 Å². The van der Waals surface area contributed by atoms with Crippen molar-refractivity contribution < 1.29 is 24.2 Å². The van der Waals surface area contributed by atoms with Gasteiger partial charge in [-0.2, -0.15) is 0 Å². The third-order valence-electron chi connectivity index (χ3n) is 7.73. The van der Waals surface area contributed by atoms with E-state index in [1.807, 2.05) is 50.2 Å². The molecule has 0 bridgehead atoms. The molecule has 0 spiro atoms. The van der Waals surface area contributed by atoms with E-state index in [4.69, 9.17) is 9.84 Å². The largest absolute Gasteiger partial charge is 0.481 e. The van der Waals surface area contributed by atoms with Crippen molar-refractivity contribution in [2.45, 2.75) is 58.0 Å². The maximum atomic E-state index is 13.2. The van der Waals surface area contributed by atoms with Crippen molar-refractivity contribution in [1.29, 1.82) is 0 Å². The Labute approximate surface area is 200 Å². The van der Waals surface area contributed by atoms with E-state index < -0.39 is 23.6 Å². The van der Waals surface area contributed by atoms with Crippen LogP contribution in [0.25, 0.3) is 11.1 Å². The number of carboxylic acid groups (broad SMARTS) is 1. The number of fused-ring (bicyclic) bond motifs is 3. The molecule has 1 aliphatic carbocycles. The summed E-state index contributed by atoms with van der Waals surface area (Å²) in [5.74, 6) is -1.39. The predicted molar refractivity (Wildman–Crippen MR) is 128 cm³/mol. The number of carbonyl (C=O) groups is 3. The van der Waals surface area contributed by atoms with E-state index in [0.29, 0.717) is 6.54 Å². The highest BCUT2D eigenvalue weighted by atomic mass is 16.5. The van der Waals surface area contributed by atoms with Crippen molar-refractivity contribution in [1.82, 2.24) is 10.2 Å². The van der Waals surface area contributed by atoms with Crippen LogP contribution in [0.15, 0.2) is 48.5 Å². The van der Waals surface area contributed by atoms with Gasteiger partial charge in [0.2, 0.25) is 5.91 Å². The number of carbonyl (C=O) groups excluding carboxylic acids is 2. The minimum Gasteiger partial charge on any atom is -0.481 e. The van der Waals surface area contributed by atoms with Crippen molar-refractivity contribution in [2.24, 2.45) is 5.41 Å². The third-order valence-corrected chi connectivity index (χ3v) is 7.73. The van der Waals surface area contributed by atoms with E-state index in [0.717, 1.165) is 22.3 Å². The second-order valence-electron chi connectivity index (χ2n) is 10.3. The molecular formula is C27H32N2O5. The molecule has 4 rings (SSSR count). The number of alkyl carbamates (subject to hydrolysis) is 1. The lowest BCUT2D eigenvalue weighted by Crippen LogP contribution is -2.73. The van der Waals surface area contributed by atoms with Crippen LogP contribution in [0, 0.1) is 5.41 Å². The molecule has 1 heterocycles. The maximum absolute atomic E-state index is 13.2. The zero-order valence-corrected chi connectivity index (χ0v) is 20.1. The molecule has 34 heavy (non-hydrogen) atoms. The second-order valence-corrected chi connectivity index (χ2v) is 10.3. The first kappa shape index (κ1) is 23.8. The lowest BCUT2D eigenvalue weighted by Gasteiger charge is -2.61. The van der Waals surface area contributed by atoms with E-state index in [2.05, 4.69) is 31.3 Å². The number of amides is 2. The van der Waals surface area contributed by atoms with E-state index >= 15 is 0 Å². The second kappa shape index (κ2) is 8.78. The number of benzene rings is 2. The van der Waals surface area contributed by atoms with Crippen molar-refractivity contribution in [3.63, 3.8) is 0 Å². The molecule has 2 aliphatic rings. The van der Waals surface area contributed by atoms with Gasteiger partial charge in [-0.1, -0.05) is 62.4 Å². The monoisotopic (exact) mass is 464 g/mol. The average molecular weight is 465 g/mol. The Balaban J connectivity index is 1.44. The summed E-state index contributed by atoms with van der Waals surface area (Å²) in [7, 11) is 0. The maximum Gasteiger partial charge on any atom is 0.407 e. The van der Waals surface area contributed by atoms with Crippen LogP contribution in [0.4, 0.5) is 4.79 Å². The fraction of sp³-hybridized carbons (Fsp3) is 0.444. The van der Waals surface area contributed by atoms with Gasteiger partial charge in [-0.25, -0.2) is 4.79 Å². The van der Waals surface area contributed by atoms with Crippen LogP contribution in [-0.2, 0) is 14.3 Å². The summed E-state index contributed by atoms with van der Waals surface area (Å²) < 4.78 is 5.58. The average Bonchev–Trinajstić information content (AvgIpc) is 3.12. The predicted octanol–water partition coefficient (Wildman–Crippen LogP) is 4.41. The molecule has 2 aromatic carbocycles. The number of rotatable bonds is 7. The third kappa shape index (κ3) is 4.15. The molecule has 0 saturated carbocycles. The summed E-state index contributed by atoms with van der Waals surface area (Å²) in [6.07, 6.45) is -0.938. The molecule has 1 atom stereocenters. The molecule has 7 heteroatoms. The summed E-state index contributed by atoms with van der Waals surface area (Å²) in [5, 5.41) is 11.8. The van der Waals surface area contributed by atoms with Crippen LogP contribution in [0.3, 0.4) is 0 Å². The molecule has 0 aromatic heterocycles. The molecule has 2 amide bonds. The number of carboxylic acids is 1. The molecule has 2 N–H and O–H groups in total. The molecule has 0 radical (unpaired) electrons. The number of nitrogens with zero attached hydrogens (tertiary/aromatic N) is 1. The Hall–Kier alpha value is -3.35. The SMILES string of the molecule is CC1(C)CN(C(=O)C(CCC(=O)O)NC(=O)OCC2c3ccccc3-c3ccccc32)C1(C)C. The molecule has 1 unspecified atom stereocenters. The Morgan fingerprint density at radius 1 is 1.03 bits per heavy atom. The highest BCUT2D eigenvalue weighted by Gasteiger charge is 2.55. The van der Waals surface area contributed by atoms with Gasteiger partial charge in [0.05, 0.1) is 0 Å². The smallest absolute Gasteiger partial charge is 0.407 e. The molecule has 7 nitrogen and oxygen atoms in total. The van der Waals surface area contributed by atoms with Crippen molar-refractivity contribution in [3.8, 4) is 11.1 Å². The van der Waals surface area contributed by atoms with Crippen molar-refractivity contribution in [2.75, 3.05) is 13.2 Å². The minimum absolute atomic E-state index is 0.00533. The number of ether oxygens (including phenoxy) is 1. The van der Waals surface area contributed by atoms with E-state index in [-0.39, 0.29) is 36.7 Å². The van der Waals surface area contributed by atoms with Crippen molar-refractivity contribution >= 4 is 18.0 Å². The van der Waals surface area contributed by atoms with Gasteiger partial charge >= 0.3 is 12.1 Å². The summed E-state index contributed by atoms with van der Waals surface area (Å²) in [5.41, 5.74) is 3.99. The number of nitrogens with one attached hydrogen (secondary N) is 1. The van der Waals surface area contributed by atoms with Gasteiger partial charge in [0, 0.05) is 29.8 Å². The number of likely N-dealkylation sites (tertiary alicyclic amines) is 1. The zero-order valence-electron chi connectivity index (χ0n) is 20.1. The lowest BCUT2D eigenvalue weighted by molar-refractivity contribution is -0.169. The van der Waals surface area contributed by atoms with E-state index in [1.54, 1.807) is 4.90 Å². The quantitative estimate of drug-likeness (QED) is 0.633. The Bertz CT molecular complexity index is 1080. The summed E-state index contributed by atoms with van der Waals surface area (Å²) in [6.45, 7) is 8.81. The van der Waals surface area contributed by atoms with E-state index in [1.165, 1.54) is 0 Å². The highest BCUT2D eigenvalue weighted by molar-refractivity contribution is 5.87. The standard InChI is InChI=1S/C27H32N2O5/c1-26(2)16-29(27(26,3)4)24(32)22(13-14-23(30)31)28-25(33)34-15-21-19-11-7-5-9-17(19)18-10-6-8-12-20(18)21/h5-12,21-22H,13-16H2,1-4H3,(H,28,33)(H,30,31).